The molecule has 0 spiro atoms. The lowest BCUT2D eigenvalue weighted by atomic mass is 10.1. The standard InChI is InChI=1S/C19H16N4O5S/c1-2-29(27,28)18-11-10-17(21-22-18)14-4-3-5-15(12-14)20-19(24)13-6-8-16(9-7-13)23(25)26/h3-12H,2H2,1H3,(H,20,24). The Hall–Kier alpha value is -3.66. The molecule has 0 radical (unpaired) electrons. The molecule has 0 atom stereocenters. The minimum atomic E-state index is -3.43. The van der Waals surface area contributed by atoms with Crippen molar-refractivity contribution in [2.45, 2.75) is 11.9 Å². The van der Waals surface area contributed by atoms with Crippen LogP contribution in [0, 0.1) is 10.1 Å². The van der Waals surface area contributed by atoms with Crippen molar-refractivity contribution in [1.82, 2.24) is 10.2 Å². The number of rotatable bonds is 6. The number of nitro benzene ring substituents is 1. The maximum Gasteiger partial charge on any atom is 0.269 e. The van der Waals surface area contributed by atoms with Gasteiger partial charge in [-0.25, -0.2) is 8.42 Å². The fourth-order valence-electron chi connectivity index (χ4n) is 2.48. The van der Waals surface area contributed by atoms with E-state index in [0.717, 1.165) is 0 Å². The van der Waals surface area contributed by atoms with Crippen LogP contribution in [0.4, 0.5) is 11.4 Å². The Balaban J connectivity index is 1.79. The minimum absolute atomic E-state index is 0.0643. The molecule has 10 heteroatoms. The fourth-order valence-corrected chi connectivity index (χ4v) is 3.22. The van der Waals surface area contributed by atoms with E-state index in [0.29, 0.717) is 16.9 Å². The van der Waals surface area contributed by atoms with Crippen LogP contribution in [0.15, 0.2) is 65.7 Å². The Morgan fingerprint density at radius 2 is 1.79 bits per heavy atom. The molecular weight excluding hydrogens is 396 g/mol. The minimum Gasteiger partial charge on any atom is -0.322 e. The summed E-state index contributed by atoms with van der Waals surface area (Å²) >= 11 is 0. The van der Waals surface area contributed by atoms with E-state index in [2.05, 4.69) is 15.5 Å². The van der Waals surface area contributed by atoms with Gasteiger partial charge in [-0.15, -0.1) is 10.2 Å². The number of amides is 1. The molecule has 0 aliphatic heterocycles. The van der Waals surface area contributed by atoms with Gasteiger partial charge in [0.05, 0.1) is 16.4 Å². The van der Waals surface area contributed by atoms with Crippen LogP contribution in [0.3, 0.4) is 0 Å². The molecule has 0 unspecified atom stereocenters. The SMILES string of the molecule is CCS(=O)(=O)c1ccc(-c2cccc(NC(=O)c3ccc([N+](=O)[O-])cc3)c2)nn1. The molecule has 0 saturated carbocycles. The van der Waals surface area contributed by atoms with Crippen LogP contribution >= 0.6 is 0 Å². The second kappa shape index (κ2) is 8.15. The summed E-state index contributed by atoms with van der Waals surface area (Å²) in [7, 11) is -3.43. The van der Waals surface area contributed by atoms with E-state index in [1.165, 1.54) is 37.3 Å². The summed E-state index contributed by atoms with van der Waals surface area (Å²) in [5.41, 5.74) is 1.74. The highest BCUT2D eigenvalue weighted by Gasteiger charge is 2.14. The number of nitrogens with one attached hydrogen (secondary N) is 1. The smallest absolute Gasteiger partial charge is 0.269 e. The fraction of sp³-hybridized carbons (Fsp3) is 0.105. The number of nitrogens with zero attached hydrogens (tertiary/aromatic N) is 3. The number of carbonyl (C=O) groups excluding carboxylic acids is 1. The average Bonchev–Trinajstić information content (AvgIpc) is 2.74. The van der Waals surface area contributed by atoms with Gasteiger partial charge in [0.15, 0.2) is 14.9 Å². The largest absolute Gasteiger partial charge is 0.322 e. The predicted octanol–water partition coefficient (Wildman–Crippen LogP) is 3.10. The zero-order chi connectivity index (χ0) is 21.0. The van der Waals surface area contributed by atoms with Crippen molar-refractivity contribution in [3.8, 4) is 11.3 Å². The number of carbonyl (C=O) groups is 1. The van der Waals surface area contributed by atoms with Crippen molar-refractivity contribution in [3.05, 3.63) is 76.3 Å². The Kier molecular flexibility index (Phi) is 5.64. The van der Waals surface area contributed by atoms with Gasteiger partial charge in [-0.05, 0) is 36.4 Å². The second-order valence-electron chi connectivity index (χ2n) is 6.00. The van der Waals surface area contributed by atoms with Crippen molar-refractivity contribution < 1.29 is 18.1 Å². The van der Waals surface area contributed by atoms with Gasteiger partial charge in [0.25, 0.3) is 11.6 Å². The van der Waals surface area contributed by atoms with Gasteiger partial charge in [0.1, 0.15) is 0 Å². The lowest BCUT2D eigenvalue weighted by Gasteiger charge is -2.08. The van der Waals surface area contributed by atoms with Crippen LogP contribution in [0.5, 0.6) is 0 Å². The Labute approximate surface area is 166 Å². The number of hydrogen-bond donors (Lipinski definition) is 1. The van der Waals surface area contributed by atoms with E-state index in [9.17, 15) is 23.3 Å². The first kappa shape index (κ1) is 20.1. The van der Waals surface area contributed by atoms with Crippen LogP contribution in [-0.2, 0) is 9.84 Å². The van der Waals surface area contributed by atoms with E-state index < -0.39 is 20.7 Å². The van der Waals surface area contributed by atoms with Gasteiger partial charge in [0, 0.05) is 28.9 Å². The molecule has 1 heterocycles. The van der Waals surface area contributed by atoms with E-state index in [-0.39, 0.29) is 22.0 Å². The summed E-state index contributed by atoms with van der Waals surface area (Å²) in [5.74, 6) is -0.488. The third kappa shape index (κ3) is 4.61. The lowest BCUT2D eigenvalue weighted by Crippen LogP contribution is -2.11. The van der Waals surface area contributed by atoms with Crippen molar-refractivity contribution in [2.75, 3.05) is 11.1 Å². The topological polar surface area (TPSA) is 132 Å². The van der Waals surface area contributed by atoms with Crippen molar-refractivity contribution in [2.24, 2.45) is 0 Å². The number of sulfone groups is 1. The summed E-state index contributed by atoms with van der Waals surface area (Å²) in [5, 5.41) is 21.1. The highest BCUT2D eigenvalue weighted by Crippen LogP contribution is 2.22. The Bertz CT molecular complexity index is 1160. The Morgan fingerprint density at radius 3 is 2.38 bits per heavy atom. The van der Waals surface area contributed by atoms with E-state index in [1.54, 1.807) is 30.3 Å². The second-order valence-corrected chi connectivity index (χ2v) is 8.22. The van der Waals surface area contributed by atoms with Gasteiger partial charge in [-0.1, -0.05) is 19.1 Å². The summed E-state index contributed by atoms with van der Waals surface area (Å²) in [6.45, 7) is 1.53. The van der Waals surface area contributed by atoms with Crippen LogP contribution in [-0.4, -0.2) is 35.2 Å². The van der Waals surface area contributed by atoms with Crippen LogP contribution in [0.2, 0.25) is 0 Å². The van der Waals surface area contributed by atoms with E-state index in [1.807, 2.05) is 0 Å². The van der Waals surface area contributed by atoms with Crippen molar-refractivity contribution in [3.63, 3.8) is 0 Å². The van der Waals surface area contributed by atoms with Crippen LogP contribution in [0.1, 0.15) is 17.3 Å². The van der Waals surface area contributed by atoms with Gasteiger partial charge in [0.2, 0.25) is 0 Å². The summed E-state index contributed by atoms with van der Waals surface area (Å²) < 4.78 is 23.7. The molecule has 3 aromatic rings. The number of aromatic nitrogens is 2. The predicted molar refractivity (Wildman–Crippen MR) is 106 cm³/mol. The number of nitro groups is 1. The molecule has 0 bridgehead atoms. The first-order valence-electron chi connectivity index (χ1n) is 8.53. The first-order chi connectivity index (χ1) is 13.8. The normalized spacial score (nSPS) is 11.1. The quantitative estimate of drug-likeness (QED) is 0.486. The zero-order valence-corrected chi connectivity index (χ0v) is 16.1. The molecule has 1 aromatic heterocycles. The van der Waals surface area contributed by atoms with Gasteiger partial charge >= 0.3 is 0 Å². The first-order valence-corrected chi connectivity index (χ1v) is 10.2. The molecule has 9 nitrogen and oxygen atoms in total. The molecule has 3 rings (SSSR count). The van der Waals surface area contributed by atoms with Crippen molar-refractivity contribution >= 4 is 27.1 Å². The highest BCUT2D eigenvalue weighted by molar-refractivity contribution is 7.91. The van der Waals surface area contributed by atoms with Gasteiger partial charge in [-0.2, -0.15) is 0 Å². The average molecular weight is 412 g/mol. The molecular formula is C19H16N4O5S. The molecule has 148 valence electrons. The zero-order valence-electron chi connectivity index (χ0n) is 15.3. The summed E-state index contributed by atoms with van der Waals surface area (Å²) in [6, 6.07) is 15.0. The maximum absolute atomic E-state index is 12.4. The molecule has 2 aromatic carbocycles. The monoisotopic (exact) mass is 412 g/mol. The van der Waals surface area contributed by atoms with E-state index in [4.69, 9.17) is 0 Å². The molecule has 0 aliphatic rings. The molecule has 0 fully saturated rings. The summed E-state index contributed by atoms with van der Waals surface area (Å²) in [4.78, 5) is 22.5. The number of hydrogen-bond acceptors (Lipinski definition) is 7. The van der Waals surface area contributed by atoms with Crippen LogP contribution in [0.25, 0.3) is 11.3 Å². The lowest BCUT2D eigenvalue weighted by molar-refractivity contribution is -0.384. The maximum atomic E-state index is 12.4. The molecule has 1 amide bonds. The number of anilines is 1. The number of benzene rings is 2. The third-order valence-electron chi connectivity index (χ3n) is 4.10. The highest BCUT2D eigenvalue weighted by atomic mass is 32.2. The molecule has 1 N–H and O–H groups in total. The molecule has 29 heavy (non-hydrogen) atoms. The molecule has 0 aliphatic carbocycles. The van der Waals surface area contributed by atoms with Crippen LogP contribution < -0.4 is 5.32 Å². The Morgan fingerprint density at radius 1 is 1.07 bits per heavy atom. The van der Waals surface area contributed by atoms with E-state index >= 15 is 0 Å². The third-order valence-corrected chi connectivity index (χ3v) is 5.71. The summed E-state index contributed by atoms with van der Waals surface area (Å²) in [6.07, 6.45) is 0. The van der Waals surface area contributed by atoms with Gasteiger partial charge in [-0.3, -0.25) is 14.9 Å². The number of non-ortho nitro benzene ring substituents is 1. The van der Waals surface area contributed by atoms with Gasteiger partial charge < -0.3 is 5.32 Å². The van der Waals surface area contributed by atoms with Crippen molar-refractivity contribution in [1.29, 1.82) is 0 Å². The molecule has 0 saturated heterocycles.